The normalized spacial score (nSPS) is 26.6. The van der Waals surface area contributed by atoms with Gasteiger partial charge in [0.15, 0.2) is 0 Å². The van der Waals surface area contributed by atoms with Gasteiger partial charge in [0.05, 0.1) is 18.2 Å². The molecule has 2 unspecified atom stereocenters. The van der Waals surface area contributed by atoms with Crippen LogP contribution in [0.25, 0.3) is 0 Å². The van der Waals surface area contributed by atoms with Crippen molar-refractivity contribution in [3.63, 3.8) is 0 Å². The third kappa shape index (κ3) is 4.53. The minimum Gasteiger partial charge on any atom is -0.373 e. The number of amides is 2. The Morgan fingerprint density at radius 3 is 3.05 bits per heavy atom. The molecule has 0 aromatic rings. The van der Waals surface area contributed by atoms with Crippen molar-refractivity contribution < 1.29 is 9.53 Å². The quantitative estimate of drug-likeness (QED) is 0.829. The summed E-state index contributed by atoms with van der Waals surface area (Å²) >= 11 is 0. The number of carbonyl (C=O) groups excluding carboxylic acids is 1. The van der Waals surface area contributed by atoms with Crippen LogP contribution in [0.1, 0.15) is 33.1 Å². The lowest BCUT2D eigenvalue weighted by Crippen LogP contribution is -2.45. The number of allylic oxidation sites excluding steroid dienone is 5. The zero-order valence-electron chi connectivity index (χ0n) is 12.3. The minimum absolute atomic E-state index is 0.0160. The van der Waals surface area contributed by atoms with Gasteiger partial charge >= 0.3 is 6.03 Å². The highest BCUT2D eigenvalue weighted by atomic mass is 16.5. The average Bonchev–Trinajstić information content (AvgIpc) is 2.72. The smallest absolute Gasteiger partial charge is 0.315 e. The molecule has 4 nitrogen and oxygen atoms in total. The van der Waals surface area contributed by atoms with Crippen LogP contribution < -0.4 is 10.6 Å². The molecule has 0 radical (unpaired) electrons. The Bertz CT molecular complexity index is 424. The van der Waals surface area contributed by atoms with Crippen molar-refractivity contribution in [2.24, 2.45) is 0 Å². The molecule has 1 heterocycles. The summed E-state index contributed by atoms with van der Waals surface area (Å²) in [5, 5.41) is 5.87. The van der Waals surface area contributed by atoms with Crippen LogP contribution in [0.4, 0.5) is 4.79 Å². The van der Waals surface area contributed by atoms with Crippen LogP contribution in [0.3, 0.4) is 0 Å². The van der Waals surface area contributed by atoms with E-state index in [9.17, 15) is 4.79 Å². The predicted molar refractivity (Wildman–Crippen MR) is 80.5 cm³/mol. The standard InChI is InChI=1S/C16H24N2O2/c1-12(2)20-15-9-10-17-16(19)18-14(15)11-13-7-5-3-4-6-8-13/h3,5-8,12,14-15H,4,9-11H2,1-2H3,(H2,17,18,19). The molecule has 1 aliphatic heterocycles. The summed E-state index contributed by atoms with van der Waals surface area (Å²) < 4.78 is 5.98. The van der Waals surface area contributed by atoms with Crippen LogP contribution in [0.15, 0.2) is 36.0 Å². The van der Waals surface area contributed by atoms with Crippen molar-refractivity contribution in [1.29, 1.82) is 0 Å². The third-order valence-electron chi connectivity index (χ3n) is 3.43. The lowest BCUT2D eigenvalue weighted by atomic mass is 9.99. The molecule has 0 bridgehead atoms. The summed E-state index contributed by atoms with van der Waals surface area (Å²) in [5.41, 5.74) is 1.23. The van der Waals surface area contributed by atoms with Crippen LogP contribution in [0.2, 0.25) is 0 Å². The van der Waals surface area contributed by atoms with Gasteiger partial charge in [0.1, 0.15) is 0 Å². The molecular weight excluding hydrogens is 252 g/mol. The summed E-state index contributed by atoms with van der Waals surface area (Å²) in [6.45, 7) is 4.73. The maximum absolute atomic E-state index is 11.7. The third-order valence-corrected chi connectivity index (χ3v) is 3.43. The second kappa shape index (κ2) is 7.29. The van der Waals surface area contributed by atoms with Gasteiger partial charge in [-0.1, -0.05) is 30.4 Å². The van der Waals surface area contributed by atoms with Crippen LogP contribution in [-0.2, 0) is 4.74 Å². The van der Waals surface area contributed by atoms with E-state index in [1.807, 2.05) is 13.8 Å². The van der Waals surface area contributed by atoms with E-state index in [4.69, 9.17) is 4.74 Å². The van der Waals surface area contributed by atoms with Crippen molar-refractivity contribution in [1.82, 2.24) is 10.6 Å². The van der Waals surface area contributed by atoms with Crippen molar-refractivity contribution >= 4 is 6.03 Å². The molecule has 0 spiro atoms. The minimum atomic E-state index is -0.0985. The molecule has 1 saturated heterocycles. The van der Waals surface area contributed by atoms with Crippen LogP contribution in [0.5, 0.6) is 0 Å². The largest absolute Gasteiger partial charge is 0.373 e. The monoisotopic (exact) mass is 276 g/mol. The highest BCUT2D eigenvalue weighted by molar-refractivity contribution is 5.74. The lowest BCUT2D eigenvalue weighted by Gasteiger charge is -2.27. The van der Waals surface area contributed by atoms with E-state index in [1.54, 1.807) is 0 Å². The van der Waals surface area contributed by atoms with Crippen molar-refractivity contribution in [3.05, 3.63) is 36.0 Å². The molecule has 0 aromatic heterocycles. The fourth-order valence-corrected chi connectivity index (χ4v) is 2.55. The Kier molecular flexibility index (Phi) is 5.41. The zero-order valence-corrected chi connectivity index (χ0v) is 12.3. The predicted octanol–water partition coefficient (Wildman–Crippen LogP) is 2.68. The molecule has 2 N–H and O–H groups in total. The Morgan fingerprint density at radius 2 is 2.25 bits per heavy atom. The second-order valence-electron chi connectivity index (χ2n) is 5.53. The first-order valence-electron chi connectivity index (χ1n) is 7.37. The highest BCUT2D eigenvalue weighted by Gasteiger charge is 2.28. The number of hydrogen-bond acceptors (Lipinski definition) is 2. The van der Waals surface area contributed by atoms with Crippen LogP contribution in [-0.4, -0.2) is 30.8 Å². The molecule has 2 amide bonds. The van der Waals surface area contributed by atoms with E-state index in [0.29, 0.717) is 6.54 Å². The number of carbonyl (C=O) groups is 1. The number of rotatable bonds is 4. The number of nitrogens with one attached hydrogen (secondary N) is 2. The Hall–Kier alpha value is -1.55. The molecule has 20 heavy (non-hydrogen) atoms. The van der Waals surface area contributed by atoms with Gasteiger partial charge in [0.2, 0.25) is 0 Å². The summed E-state index contributed by atoms with van der Waals surface area (Å²) in [6.07, 6.45) is 13.4. The lowest BCUT2D eigenvalue weighted by molar-refractivity contribution is -0.0122. The Morgan fingerprint density at radius 1 is 1.40 bits per heavy atom. The van der Waals surface area contributed by atoms with E-state index in [0.717, 1.165) is 19.3 Å². The maximum Gasteiger partial charge on any atom is 0.315 e. The molecule has 1 fully saturated rings. The Labute approximate surface area is 121 Å². The summed E-state index contributed by atoms with van der Waals surface area (Å²) in [7, 11) is 0. The van der Waals surface area contributed by atoms with E-state index in [2.05, 4.69) is 41.0 Å². The van der Waals surface area contributed by atoms with Crippen LogP contribution >= 0.6 is 0 Å². The first-order valence-corrected chi connectivity index (χ1v) is 7.37. The van der Waals surface area contributed by atoms with Gasteiger partial charge in [-0.2, -0.15) is 0 Å². The topological polar surface area (TPSA) is 50.4 Å². The van der Waals surface area contributed by atoms with Gasteiger partial charge in [-0.3, -0.25) is 0 Å². The molecule has 0 saturated carbocycles. The molecule has 1 aliphatic carbocycles. The molecule has 2 aliphatic rings. The summed E-state index contributed by atoms with van der Waals surface area (Å²) in [4.78, 5) is 11.7. The molecular formula is C16H24N2O2. The average molecular weight is 276 g/mol. The van der Waals surface area contributed by atoms with E-state index in [-0.39, 0.29) is 24.3 Å². The molecule has 110 valence electrons. The second-order valence-corrected chi connectivity index (χ2v) is 5.53. The Balaban J connectivity index is 2.07. The van der Waals surface area contributed by atoms with E-state index >= 15 is 0 Å². The van der Waals surface area contributed by atoms with Gasteiger partial charge in [-0.25, -0.2) is 4.79 Å². The highest BCUT2D eigenvalue weighted by Crippen LogP contribution is 2.19. The van der Waals surface area contributed by atoms with Gasteiger partial charge in [-0.15, -0.1) is 0 Å². The fourth-order valence-electron chi connectivity index (χ4n) is 2.55. The first kappa shape index (κ1) is 14.9. The summed E-state index contributed by atoms with van der Waals surface area (Å²) in [5.74, 6) is 0. The first-order chi connectivity index (χ1) is 9.65. The van der Waals surface area contributed by atoms with Crippen molar-refractivity contribution in [3.8, 4) is 0 Å². The molecule has 2 rings (SSSR count). The summed E-state index contributed by atoms with van der Waals surface area (Å²) in [6, 6.07) is -0.0825. The SMILES string of the molecule is CC(C)OC1CCNC(=O)NC1CC1=CC=CCC=C1. The van der Waals surface area contributed by atoms with Gasteiger partial charge in [0, 0.05) is 6.54 Å². The zero-order chi connectivity index (χ0) is 14.4. The number of hydrogen-bond donors (Lipinski definition) is 2. The van der Waals surface area contributed by atoms with Crippen molar-refractivity contribution in [2.45, 2.75) is 51.4 Å². The van der Waals surface area contributed by atoms with Gasteiger partial charge < -0.3 is 15.4 Å². The number of urea groups is 1. The van der Waals surface area contributed by atoms with E-state index in [1.165, 1.54) is 5.57 Å². The van der Waals surface area contributed by atoms with Crippen LogP contribution in [0, 0.1) is 0 Å². The van der Waals surface area contributed by atoms with Crippen molar-refractivity contribution in [2.75, 3.05) is 6.54 Å². The maximum atomic E-state index is 11.7. The van der Waals surface area contributed by atoms with Gasteiger partial charge in [-0.05, 0) is 38.7 Å². The van der Waals surface area contributed by atoms with E-state index < -0.39 is 0 Å². The molecule has 4 heteroatoms. The fraction of sp³-hybridized carbons (Fsp3) is 0.562. The molecule has 0 aromatic carbocycles. The number of ether oxygens (including phenoxy) is 1. The van der Waals surface area contributed by atoms with Gasteiger partial charge in [0.25, 0.3) is 0 Å². The molecule has 2 atom stereocenters.